The Morgan fingerprint density at radius 2 is 1.59 bits per heavy atom. The van der Waals surface area contributed by atoms with E-state index in [1.165, 1.54) is 42.5 Å². The Hall–Kier alpha value is -5.65. The van der Waals surface area contributed by atoms with Gasteiger partial charge in [0.05, 0.1) is 15.5 Å². The molecule has 0 aromatic heterocycles. The first kappa shape index (κ1) is 24.5. The molecule has 12 nitrogen and oxygen atoms in total. The standard InChI is InChI=1S/C25H16N4O8/c30-22(14-11-16-9-12-19(13-10-16)28(33)34)37-23-17(5-4-8-21(23)29(35)36)15-20-24(31)26-27(25(20)32)18-6-2-1-3-7-18/h1-15H,(H,26,31)/b14-11+,20-15-. The number of carbonyl (C=O) groups excluding carboxylic acids is 3. The van der Waals surface area contributed by atoms with Gasteiger partial charge in [-0.05, 0) is 42.0 Å². The van der Waals surface area contributed by atoms with Gasteiger partial charge in [0.15, 0.2) is 0 Å². The summed E-state index contributed by atoms with van der Waals surface area (Å²) in [4.78, 5) is 58.9. The third kappa shape index (κ3) is 5.38. The molecular formula is C25H16N4O8. The Labute approximate surface area is 208 Å². The van der Waals surface area contributed by atoms with Crippen molar-refractivity contribution in [2.75, 3.05) is 5.01 Å². The molecule has 0 radical (unpaired) electrons. The molecule has 0 atom stereocenters. The molecule has 37 heavy (non-hydrogen) atoms. The van der Waals surface area contributed by atoms with Gasteiger partial charge < -0.3 is 4.74 Å². The zero-order valence-electron chi connectivity index (χ0n) is 18.8. The minimum atomic E-state index is -0.986. The normalized spacial score (nSPS) is 14.2. The maximum Gasteiger partial charge on any atom is 0.336 e. The van der Waals surface area contributed by atoms with E-state index in [9.17, 15) is 34.6 Å². The maximum absolute atomic E-state index is 12.9. The average molecular weight is 500 g/mol. The summed E-state index contributed by atoms with van der Waals surface area (Å²) < 4.78 is 5.24. The van der Waals surface area contributed by atoms with Gasteiger partial charge in [-0.15, -0.1) is 0 Å². The third-order valence-corrected chi connectivity index (χ3v) is 5.15. The number of hydrogen-bond acceptors (Lipinski definition) is 8. The molecular weight excluding hydrogens is 484 g/mol. The molecule has 4 rings (SSSR count). The van der Waals surface area contributed by atoms with Crippen molar-refractivity contribution in [3.8, 4) is 5.75 Å². The van der Waals surface area contributed by atoms with Gasteiger partial charge in [0.1, 0.15) is 5.57 Å². The summed E-state index contributed by atoms with van der Waals surface area (Å²) in [6.45, 7) is 0. The van der Waals surface area contributed by atoms with Crippen LogP contribution in [0.25, 0.3) is 12.2 Å². The van der Waals surface area contributed by atoms with Crippen LogP contribution in [0, 0.1) is 20.2 Å². The first-order chi connectivity index (χ1) is 17.7. The van der Waals surface area contributed by atoms with E-state index in [2.05, 4.69) is 5.43 Å². The van der Waals surface area contributed by atoms with Crippen LogP contribution in [0.1, 0.15) is 11.1 Å². The van der Waals surface area contributed by atoms with Gasteiger partial charge in [0, 0.05) is 29.8 Å². The SMILES string of the molecule is O=C(/C=C/c1ccc([N+](=O)[O-])cc1)Oc1c(/C=C2/C(=O)NN(c3ccccc3)C2=O)cccc1[N+](=O)[O-]. The number of carbonyl (C=O) groups is 3. The van der Waals surface area contributed by atoms with E-state index < -0.39 is 39.1 Å². The molecule has 0 unspecified atom stereocenters. The molecule has 0 aliphatic carbocycles. The largest absolute Gasteiger partial charge is 0.415 e. The second-order valence-electron chi connectivity index (χ2n) is 7.53. The van der Waals surface area contributed by atoms with E-state index in [-0.39, 0.29) is 16.8 Å². The molecule has 2 amide bonds. The van der Waals surface area contributed by atoms with E-state index in [0.717, 1.165) is 23.2 Å². The molecule has 1 fully saturated rings. The smallest absolute Gasteiger partial charge is 0.336 e. The van der Waals surface area contributed by atoms with Gasteiger partial charge in [-0.25, -0.2) is 9.80 Å². The number of hydrazine groups is 1. The second kappa shape index (κ2) is 10.3. The fourth-order valence-corrected chi connectivity index (χ4v) is 3.39. The lowest BCUT2D eigenvalue weighted by atomic mass is 10.1. The van der Waals surface area contributed by atoms with Crippen molar-refractivity contribution in [1.82, 2.24) is 5.43 Å². The van der Waals surface area contributed by atoms with Gasteiger partial charge in [0.25, 0.3) is 17.5 Å². The third-order valence-electron chi connectivity index (χ3n) is 5.15. The topological polar surface area (TPSA) is 162 Å². The number of anilines is 1. The highest BCUT2D eigenvalue weighted by Gasteiger charge is 2.35. The number of rotatable bonds is 7. The Morgan fingerprint density at radius 1 is 0.892 bits per heavy atom. The van der Waals surface area contributed by atoms with Crippen molar-refractivity contribution in [2.45, 2.75) is 0 Å². The number of amides is 2. The summed E-state index contributed by atoms with van der Waals surface area (Å²) in [6.07, 6.45) is 3.40. The van der Waals surface area contributed by atoms with Crippen molar-refractivity contribution in [3.05, 3.63) is 116 Å². The van der Waals surface area contributed by atoms with Crippen LogP contribution in [0.2, 0.25) is 0 Å². The summed E-state index contributed by atoms with van der Waals surface area (Å²) in [5.41, 5.74) is 2.23. The molecule has 1 saturated heterocycles. The fourth-order valence-electron chi connectivity index (χ4n) is 3.39. The number of nitro benzene ring substituents is 2. The van der Waals surface area contributed by atoms with Crippen LogP contribution >= 0.6 is 0 Å². The first-order valence-electron chi connectivity index (χ1n) is 10.6. The van der Waals surface area contributed by atoms with Gasteiger partial charge in [-0.3, -0.25) is 35.2 Å². The van der Waals surface area contributed by atoms with E-state index in [1.54, 1.807) is 30.3 Å². The predicted molar refractivity (Wildman–Crippen MR) is 131 cm³/mol. The lowest BCUT2D eigenvalue weighted by molar-refractivity contribution is -0.385. The minimum absolute atomic E-state index is 0.0419. The van der Waals surface area contributed by atoms with Crippen LogP contribution in [-0.2, 0) is 14.4 Å². The maximum atomic E-state index is 12.9. The molecule has 0 bridgehead atoms. The summed E-state index contributed by atoms with van der Waals surface area (Å²) in [5.74, 6) is -2.88. The summed E-state index contributed by atoms with van der Waals surface area (Å²) in [6, 6.07) is 17.4. The molecule has 0 saturated carbocycles. The van der Waals surface area contributed by atoms with Crippen LogP contribution in [0.4, 0.5) is 17.1 Å². The summed E-state index contributed by atoms with van der Waals surface area (Å²) >= 11 is 0. The minimum Gasteiger partial charge on any atom is -0.415 e. The van der Waals surface area contributed by atoms with E-state index in [1.807, 2.05) is 0 Å². The quantitative estimate of drug-likeness (QED) is 0.129. The molecule has 0 spiro atoms. The molecule has 1 N–H and O–H groups in total. The number of nitrogens with one attached hydrogen (secondary N) is 1. The number of para-hydroxylation sites is 2. The highest BCUT2D eigenvalue weighted by molar-refractivity contribution is 6.31. The fraction of sp³-hybridized carbons (Fsp3) is 0. The average Bonchev–Trinajstić information content (AvgIpc) is 3.17. The predicted octanol–water partition coefficient (Wildman–Crippen LogP) is 3.58. The van der Waals surface area contributed by atoms with Crippen LogP contribution in [-0.4, -0.2) is 27.6 Å². The molecule has 3 aromatic carbocycles. The number of esters is 1. The van der Waals surface area contributed by atoms with Crippen molar-refractivity contribution < 1.29 is 29.0 Å². The molecule has 1 aliphatic heterocycles. The number of nitro groups is 2. The Bertz CT molecular complexity index is 1480. The van der Waals surface area contributed by atoms with Crippen LogP contribution in [0.5, 0.6) is 5.75 Å². The monoisotopic (exact) mass is 500 g/mol. The Balaban J connectivity index is 1.62. The van der Waals surface area contributed by atoms with Crippen molar-refractivity contribution in [1.29, 1.82) is 0 Å². The highest BCUT2D eigenvalue weighted by Crippen LogP contribution is 2.34. The molecule has 3 aromatic rings. The van der Waals surface area contributed by atoms with E-state index >= 15 is 0 Å². The van der Waals surface area contributed by atoms with Gasteiger partial charge in [-0.1, -0.05) is 30.3 Å². The number of non-ortho nitro benzene ring substituents is 1. The molecule has 12 heteroatoms. The lowest BCUT2D eigenvalue weighted by Gasteiger charge is -2.13. The lowest BCUT2D eigenvalue weighted by Crippen LogP contribution is -2.35. The van der Waals surface area contributed by atoms with Crippen molar-refractivity contribution >= 4 is 47.0 Å². The van der Waals surface area contributed by atoms with Gasteiger partial charge >= 0.3 is 11.7 Å². The summed E-state index contributed by atoms with van der Waals surface area (Å²) in [5, 5.41) is 23.4. The Kier molecular flexibility index (Phi) is 6.82. The molecule has 1 aliphatic rings. The zero-order valence-corrected chi connectivity index (χ0v) is 18.8. The Morgan fingerprint density at radius 3 is 2.24 bits per heavy atom. The molecule has 1 heterocycles. The summed E-state index contributed by atoms with van der Waals surface area (Å²) in [7, 11) is 0. The number of nitrogens with zero attached hydrogens (tertiary/aromatic N) is 3. The van der Waals surface area contributed by atoms with Gasteiger partial charge in [-0.2, -0.15) is 0 Å². The van der Waals surface area contributed by atoms with Crippen LogP contribution < -0.4 is 15.2 Å². The number of benzene rings is 3. The van der Waals surface area contributed by atoms with Crippen LogP contribution in [0.15, 0.2) is 84.4 Å². The van der Waals surface area contributed by atoms with E-state index in [0.29, 0.717) is 11.3 Å². The van der Waals surface area contributed by atoms with E-state index in [4.69, 9.17) is 4.74 Å². The van der Waals surface area contributed by atoms with Gasteiger partial charge in [0.2, 0.25) is 5.75 Å². The second-order valence-corrected chi connectivity index (χ2v) is 7.53. The first-order valence-corrected chi connectivity index (χ1v) is 10.6. The zero-order chi connectivity index (χ0) is 26.5. The number of hydrogen-bond donors (Lipinski definition) is 1. The molecule has 184 valence electrons. The van der Waals surface area contributed by atoms with Crippen molar-refractivity contribution in [2.24, 2.45) is 0 Å². The highest BCUT2D eigenvalue weighted by atomic mass is 16.6. The van der Waals surface area contributed by atoms with Crippen LogP contribution in [0.3, 0.4) is 0 Å². The van der Waals surface area contributed by atoms with Crippen molar-refractivity contribution in [3.63, 3.8) is 0 Å². The number of ether oxygens (including phenoxy) is 1.